The molecule has 1 aliphatic heterocycles. The molecule has 1 fully saturated rings. The smallest absolute Gasteiger partial charge is 0.344 e. The van der Waals surface area contributed by atoms with Gasteiger partial charge in [0.25, 0.3) is 5.82 Å². The normalized spacial score (nSPS) is 17.6. The van der Waals surface area contributed by atoms with E-state index < -0.39 is 113 Å². The van der Waals surface area contributed by atoms with E-state index in [0.717, 1.165) is 11.6 Å². The Kier molecular flexibility index (Phi) is 19.1. The number of aliphatic hydroxyl groups is 3. The number of aliphatic carboxylic acids is 1. The molecular weight excluding hydrogens is 1020 g/mol. The molecule has 6 rings (SSSR count). The van der Waals surface area contributed by atoms with E-state index in [2.05, 4.69) is 15.4 Å². The number of aromatic carboxylic acids is 1. The Labute approximate surface area is 420 Å². The number of nitrogens with zero attached hydrogens (tertiary/aromatic N) is 1. The summed E-state index contributed by atoms with van der Waals surface area (Å²) < 4.78 is 106. The number of amides is 2. The summed E-state index contributed by atoms with van der Waals surface area (Å²) in [6, 6.07) is 10.2. The van der Waals surface area contributed by atoms with Gasteiger partial charge in [-0.25, -0.2) is 22.8 Å². The Balaban J connectivity index is 1.03. The molecular formula is C48H50F5N4O18+. The van der Waals surface area contributed by atoms with Crippen molar-refractivity contribution in [2.75, 3.05) is 57.2 Å². The van der Waals surface area contributed by atoms with Crippen LogP contribution in [-0.4, -0.2) is 132 Å². The number of halogens is 5. The number of nitrogens with one attached hydrogen (secondary N) is 2. The van der Waals surface area contributed by atoms with Gasteiger partial charge < -0.3 is 69.0 Å². The number of hydrogen-bond acceptors (Lipinski definition) is 17. The highest BCUT2D eigenvalue weighted by Gasteiger charge is 2.48. The Morgan fingerprint density at radius 2 is 1.37 bits per heavy atom. The summed E-state index contributed by atoms with van der Waals surface area (Å²) in [6.45, 7) is 2.97. The van der Waals surface area contributed by atoms with Crippen molar-refractivity contribution >= 4 is 63.3 Å². The van der Waals surface area contributed by atoms with E-state index in [0.29, 0.717) is 0 Å². The van der Waals surface area contributed by atoms with Crippen LogP contribution in [0, 0.1) is 29.1 Å². The maximum absolute atomic E-state index is 13.9. The van der Waals surface area contributed by atoms with Crippen molar-refractivity contribution in [1.82, 2.24) is 5.32 Å². The molecule has 0 radical (unpaired) electrons. The SMILES string of the molecule is CC(C)c1ccc2oc3c(cc(C(=O)O)c(N)[n+]3Cc3ccc(O[C@@H]4O[C@H](C(=O)O)[C@@H](O)[C@H](O)[C@H]4O)c(NC(=O)CCNC(=O)CCOCCOCCOCCC(=O)Oc4c(F)c(F)c(F)c(F)c4F)c3)c(=O)c2c1. The highest BCUT2D eigenvalue weighted by atomic mass is 19.2. The zero-order valence-electron chi connectivity index (χ0n) is 39.7. The van der Waals surface area contributed by atoms with Crippen LogP contribution in [-0.2, 0) is 44.7 Å². The molecule has 5 aromatic rings. The average Bonchev–Trinajstić information content (AvgIpc) is 3.37. The number of carboxylic acids is 2. The van der Waals surface area contributed by atoms with Crippen LogP contribution in [0.2, 0.25) is 0 Å². The van der Waals surface area contributed by atoms with Gasteiger partial charge in [0.2, 0.25) is 58.4 Å². The molecule has 1 aliphatic rings. The van der Waals surface area contributed by atoms with E-state index in [1.54, 1.807) is 18.2 Å². The van der Waals surface area contributed by atoms with E-state index in [9.17, 15) is 76.3 Å². The Morgan fingerprint density at radius 1 is 0.747 bits per heavy atom. The number of pyridine rings is 1. The first-order chi connectivity index (χ1) is 35.6. The molecule has 1 saturated heterocycles. The van der Waals surface area contributed by atoms with Crippen LogP contribution < -0.4 is 35.8 Å². The average molecular weight is 1070 g/mol. The molecule has 2 aromatic heterocycles. The van der Waals surface area contributed by atoms with Crippen LogP contribution in [0.25, 0.3) is 22.1 Å². The van der Waals surface area contributed by atoms with E-state index in [1.807, 2.05) is 13.8 Å². The summed E-state index contributed by atoms with van der Waals surface area (Å²) in [7, 11) is 0. The molecule has 0 bridgehead atoms. The van der Waals surface area contributed by atoms with Gasteiger partial charge in [-0.1, -0.05) is 26.0 Å². The van der Waals surface area contributed by atoms with Gasteiger partial charge in [0.1, 0.15) is 47.1 Å². The number of hydrogen-bond donors (Lipinski definition) is 8. The van der Waals surface area contributed by atoms with E-state index in [-0.39, 0.29) is 116 Å². The molecule has 22 nitrogen and oxygen atoms in total. The van der Waals surface area contributed by atoms with Crippen molar-refractivity contribution in [3.8, 4) is 11.5 Å². The number of ether oxygens (including phenoxy) is 6. The minimum absolute atomic E-state index is 0.00672. The van der Waals surface area contributed by atoms with Gasteiger partial charge in [0.15, 0.2) is 6.10 Å². The van der Waals surface area contributed by atoms with Crippen LogP contribution in [0.4, 0.5) is 33.5 Å². The van der Waals surface area contributed by atoms with Crippen molar-refractivity contribution in [3.05, 3.63) is 98.5 Å². The quantitative estimate of drug-likeness (QED) is 0.00643. The summed E-state index contributed by atoms with van der Waals surface area (Å²) in [4.78, 5) is 75.8. The predicted octanol–water partition coefficient (Wildman–Crippen LogP) is 2.53. The number of carbonyl (C=O) groups is 5. The number of nitrogen functional groups attached to an aromatic ring is 1. The monoisotopic (exact) mass is 1070 g/mol. The summed E-state index contributed by atoms with van der Waals surface area (Å²) in [5.74, 6) is -19.5. The summed E-state index contributed by atoms with van der Waals surface area (Å²) in [5, 5.41) is 56.2. The van der Waals surface area contributed by atoms with E-state index in [1.165, 1.54) is 22.8 Å². The van der Waals surface area contributed by atoms with Crippen molar-refractivity contribution in [3.63, 3.8) is 0 Å². The highest BCUT2D eigenvalue weighted by molar-refractivity contribution is 5.97. The van der Waals surface area contributed by atoms with Crippen molar-refractivity contribution in [1.29, 1.82) is 0 Å². The van der Waals surface area contributed by atoms with E-state index in [4.69, 9.17) is 33.8 Å². The molecule has 75 heavy (non-hydrogen) atoms. The maximum atomic E-state index is 13.9. The number of anilines is 2. The first-order valence-corrected chi connectivity index (χ1v) is 22.8. The number of esters is 1. The first kappa shape index (κ1) is 56.9. The Hall–Kier alpha value is -7.40. The van der Waals surface area contributed by atoms with Crippen LogP contribution in [0.15, 0.2) is 51.7 Å². The standard InChI is InChI=1S/C48H49F5N4O18/c1-21(2)23-4-6-28-24(18-23)38(61)25-19-26(46(65)66)44(54)57(45(25)72-28)20-22-3-5-29(73-48-41(64)39(62)40(63)43(75-48)47(67)68)27(17-22)56-31(59)7-10-55-30(58)8-11-69-13-15-71-16-14-70-12-9-32(60)74-42-36(52)34(50)33(49)35(51)37(42)53/h3-6,17-19,21,39-41,43,48,54,62-64H,7-16,20H2,1-2H3,(H4,55,56,58,59,65,66,67,68)/p+1/t39-,40-,41+,43-,48+/m0/s1. The van der Waals surface area contributed by atoms with Gasteiger partial charge in [-0.05, 0) is 47.4 Å². The molecule has 27 heteroatoms. The minimum Gasteiger partial charge on any atom is -0.479 e. The van der Waals surface area contributed by atoms with Gasteiger partial charge in [-0.3, -0.25) is 24.9 Å². The van der Waals surface area contributed by atoms with Crippen LogP contribution in [0.1, 0.15) is 60.5 Å². The van der Waals surface area contributed by atoms with Gasteiger partial charge in [0, 0.05) is 19.4 Å². The fourth-order valence-electron chi connectivity index (χ4n) is 7.35. The summed E-state index contributed by atoms with van der Waals surface area (Å²) >= 11 is 0. The maximum Gasteiger partial charge on any atom is 0.344 e. The third-order valence-corrected chi connectivity index (χ3v) is 11.4. The molecule has 3 aromatic carbocycles. The van der Waals surface area contributed by atoms with Gasteiger partial charge >= 0.3 is 23.6 Å². The number of aromatic nitrogens is 1. The zero-order valence-corrected chi connectivity index (χ0v) is 39.7. The molecule has 9 N–H and O–H groups in total. The van der Waals surface area contributed by atoms with Gasteiger partial charge in [0.05, 0.1) is 57.1 Å². The second kappa shape index (κ2) is 25.2. The molecule has 0 spiro atoms. The molecule has 0 saturated carbocycles. The van der Waals surface area contributed by atoms with Crippen molar-refractivity contribution in [2.45, 2.75) is 76.3 Å². The van der Waals surface area contributed by atoms with Gasteiger partial charge in [-0.15, -0.1) is 0 Å². The number of carboxylic acid groups (broad SMARTS) is 2. The zero-order chi connectivity index (χ0) is 54.8. The summed E-state index contributed by atoms with van der Waals surface area (Å²) in [6.07, 6.45) is -11.1. The second-order valence-corrected chi connectivity index (χ2v) is 16.9. The predicted molar refractivity (Wildman–Crippen MR) is 246 cm³/mol. The fourth-order valence-corrected chi connectivity index (χ4v) is 7.35. The molecule has 404 valence electrons. The Bertz CT molecular complexity index is 3000. The lowest BCUT2D eigenvalue weighted by atomic mass is 9.99. The van der Waals surface area contributed by atoms with Crippen LogP contribution in [0.5, 0.6) is 11.5 Å². The summed E-state index contributed by atoms with van der Waals surface area (Å²) in [5.41, 5.74) is 6.51. The number of aliphatic hydroxyl groups excluding tert-OH is 3. The van der Waals surface area contributed by atoms with Gasteiger partial charge in [-0.2, -0.15) is 13.3 Å². The topological polar surface area (TPSA) is 326 Å². The third-order valence-electron chi connectivity index (χ3n) is 11.4. The highest BCUT2D eigenvalue weighted by Crippen LogP contribution is 2.33. The lowest BCUT2D eigenvalue weighted by Gasteiger charge is -2.38. The molecule has 2 amide bonds. The number of rotatable bonds is 24. The lowest BCUT2D eigenvalue weighted by Crippen LogP contribution is -2.61. The van der Waals surface area contributed by atoms with Crippen LogP contribution in [0.3, 0.4) is 0 Å². The molecule has 0 aliphatic carbocycles. The number of nitrogens with two attached hydrogens (primary N) is 1. The fraction of sp³-hybridized carbons (Fsp3) is 0.396. The van der Waals surface area contributed by atoms with Crippen molar-refractivity contribution in [2.24, 2.45) is 0 Å². The number of carbonyl (C=O) groups excluding carboxylic acids is 3. The first-order valence-electron chi connectivity index (χ1n) is 22.8. The molecule has 5 atom stereocenters. The third kappa shape index (κ3) is 13.7. The lowest BCUT2D eigenvalue weighted by molar-refractivity contribution is -0.654. The minimum atomic E-state index is -2.41. The molecule has 0 unspecified atom stereocenters. The van der Waals surface area contributed by atoms with E-state index >= 15 is 0 Å². The Morgan fingerprint density at radius 3 is 2.00 bits per heavy atom. The van der Waals surface area contributed by atoms with Crippen molar-refractivity contribution < 1.29 is 109 Å². The number of benzene rings is 3. The van der Waals surface area contributed by atoms with Crippen LogP contribution >= 0.6 is 0 Å². The number of fused-ring (bicyclic) bond motifs is 2. The molecule has 3 heterocycles. The second-order valence-electron chi connectivity index (χ2n) is 16.9. The largest absolute Gasteiger partial charge is 0.479 e.